The Labute approximate surface area is 467 Å². The van der Waals surface area contributed by atoms with Gasteiger partial charge in [-0.25, -0.2) is 0 Å². The van der Waals surface area contributed by atoms with E-state index in [2.05, 4.69) is 57.2 Å². The van der Waals surface area contributed by atoms with Crippen LogP contribution in [0.1, 0.15) is 367 Å². The number of allylic oxidation sites excluding steroid dienone is 6. The summed E-state index contributed by atoms with van der Waals surface area (Å²) in [5, 5.41) is 0. The molecule has 1 unspecified atom stereocenters. The molecule has 0 aromatic heterocycles. The third kappa shape index (κ3) is 62.4. The molecule has 1 atom stereocenters. The van der Waals surface area contributed by atoms with Gasteiger partial charge in [-0.3, -0.25) is 14.4 Å². The first kappa shape index (κ1) is 72.6. The van der Waals surface area contributed by atoms with E-state index in [0.717, 1.165) is 70.6 Å². The Morgan fingerprint density at radius 2 is 0.480 bits per heavy atom. The molecule has 0 radical (unpaired) electrons. The summed E-state index contributed by atoms with van der Waals surface area (Å²) >= 11 is 0. The average molecular weight is 1050 g/mol. The van der Waals surface area contributed by atoms with Crippen LogP contribution in [0.4, 0.5) is 0 Å². The van der Waals surface area contributed by atoms with Gasteiger partial charge in [-0.15, -0.1) is 0 Å². The number of hydrogen-bond acceptors (Lipinski definition) is 6. The van der Waals surface area contributed by atoms with Gasteiger partial charge in [-0.1, -0.05) is 308 Å². The number of unbranched alkanes of at least 4 members (excludes halogenated alkanes) is 45. The van der Waals surface area contributed by atoms with Crippen molar-refractivity contribution in [2.24, 2.45) is 0 Å². The highest BCUT2D eigenvalue weighted by Crippen LogP contribution is 2.18. The lowest BCUT2D eigenvalue weighted by Gasteiger charge is -2.18. The number of ether oxygens (including phenoxy) is 3. The molecule has 0 fully saturated rings. The van der Waals surface area contributed by atoms with Gasteiger partial charge in [0, 0.05) is 19.3 Å². The summed E-state index contributed by atoms with van der Waals surface area (Å²) < 4.78 is 16.8. The van der Waals surface area contributed by atoms with E-state index < -0.39 is 6.10 Å². The quantitative estimate of drug-likeness (QED) is 0.0261. The molecular formula is C69H128O6. The molecular weight excluding hydrogens is 925 g/mol. The zero-order valence-electron chi connectivity index (χ0n) is 50.6. The summed E-state index contributed by atoms with van der Waals surface area (Å²) in [6.45, 7) is 6.60. The fraction of sp³-hybridized carbons (Fsp3) is 0.870. The zero-order valence-corrected chi connectivity index (χ0v) is 50.6. The monoisotopic (exact) mass is 1050 g/mol. The second kappa shape index (κ2) is 64.2. The highest BCUT2D eigenvalue weighted by Gasteiger charge is 2.19. The SMILES string of the molecule is CCCCCCC/C=C\C/C=C\CCCCCCCCCCCCCCCC(=O)OC(COC(=O)CCCCCCC)COC(=O)CCCCCCCCCCCCCCCCC/C=C\CCCCCCCCCC. The van der Waals surface area contributed by atoms with Crippen LogP contribution in [0.25, 0.3) is 0 Å². The molecule has 6 nitrogen and oxygen atoms in total. The van der Waals surface area contributed by atoms with Crippen LogP contribution in [0.2, 0.25) is 0 Å². The summed E-state index contributed by atoms with van der Waals surface area (Å²) in [6, 6.07) is 0. The van der Waals surface area contributed by atoms with E-state index in [0.29, 0.717) is 19.3 Å². The van der Waals surface area contributed by atoms with Crippen LogP contribution in [-0.2, 0) is 28.6 Å². The van der Waals surface area contributed by atoms with Gasteiger partial charge < -0.3 is 14.2 Å². The lowest BCUT2D eigenvalue weighted by atomic mass is 10.0. The Bertz CT molecular complexity index is 1250. The van der Waals surface area contributed by atoms with Gasteiger partial charge in [-0.2, -0.15) is 0 Å². The number of carbonyl (C=O) groups excluding carboxylic acids is 3. The van der Waals surface area contributed by atoms with Gasteiger partial charge >= 0.3 is 17.9 Å². The largest absolute Gasteiger partial charge is 0.462 e. The van der Waals surface area contributed by atoms with E-state index in [9.17, 15) is 14.4 Å². The first-order chi connectivity index (χ1) is 37.0. The Balaban J connectivity index is 3.97. The van der Waals surface area contributed by atoms with Crippen molar-refractivity contribution in [3.63, 3.8) is 0 Å². The van der Waals surface area contributed by atoms with Crippen LogP contribution in [0.15, 0.2) is 36.5 Å². The Morgan fingerprint density at radius 1 is 0.267 bits per heavy atom. The summed E-state index contributed by atoms with van der Waals surface area (Å²) in [4.78, 5) is 38.0. The predicted octanol–water partition coefficient (Wildman–Crippen LogP) is 22.8. The maximum atomic E-state index is 12.8. The van der Waals surface area contributed by atoms with E-state index >= 15 is 0 Å². The minimum atomic E-state index is -0.767. The Kier molecular flexibility index (Phi) is 62.1. The molecule has 0 heterocycles. The van der Waals surface area contributed by atoms with Crippen LogP contribution in [0.3, 0.4) is 0 Å². The number of esters is 3. The van der Waals surface area contributed by atoms with E-state index in [-0.39, 0.29) is 31.1 Å². The molecule has 0 spiro atoms. The van der Waals surface area contributed by atoms with Crippen molar-refractivity contribution in [1.82, 2.24) is 0 Å². The molecule has 0 amide bonds. The highest BCUT2D eigenvalue weighted by atomic mass is 16.6. The van der Waals surface area contributed by atoms with Crippen molar-refractivity contribution in [1.29, 1.82) is 0 Å². The Hall–Kier alpha value is -2.37. The van der Waals surface area contributed by atoms with Gasteiger partial charge in [0.1, 0.15) is 13.2 Å². The Morgan fingerprint density at radius 3 is 0.747 bits per heavy atom. The average Bonchev–Trinajstić information content (AvgIpc) is 3.41. The van der Waals surface area contributed by atoms with Crippen LogP contribution in [-0.4, -0.2) is 37.2 Å². The standard InChI is InChI=1S/C69H128O6/c1-4-7-10-13-15-17-19-21-23-25-27-29-31-33-34-36-37-39-41-43-45-47-49-51-53-56-59-62-68(71)74-65-66(64-73-67(70)61-58-55-12-9-6-3)75-69(72)63-60-57-54-52-50-48-46-44-42-40-38-35-32-30-28-26-24-22-20-18-16-14-11-8-5-2/h20,22,25-28,66H,4-19,21,23-24,29-65H2,1-3H3/b22-20-,27-25-,28-26-. The summed E-state index contributed by atoms with van der Waals surface area (Å²) in [6.07, 6.45) is 79.3. The second-order valence-electron chi connectivity index (χ2n) is 22.7. The van der Waals surface area contributed by atoms with Crippen LogP contribution >= 0.6 is 0 Å². The second-order valence-corrected chi connectivity index (χ2v) is 22.7. The van der Waals surface area contributed by atoms with Gasteiger partial charge in [0.2, 0.25) is 0 Å². The van der Waals surface area contributed by atoms with E-state index in [1.54, 1.807) is 0 Å². The number of rotatable bonds is 62. The normalized spacial score (nSPS) is 12.2. The number of carbonyl (C=O) groups is 3. The summed E-state index contributed by atoms with van der Waals surface area (Å²) in [5.74, 6) is -0.862. The molecule has 0 bridgehead atoms. The van der Waals surface area contributed by atoms with Crippen molar-refractivity contribution < 1.29 is 28.6 Å². The van der Waals surface area contributed by atoms with Gasteiger partial charge in [-0.05, 0) is 77.0 Å². The molecule has 0 saturated heterocycles. The molecule has 0 aliphatic rings. The molecule has 0 aliphatic heterocycles. The fourth-order valence-electron chi connectivity index (χ4n) is 10.1. The molecule has 0 rings (SSSR count). The molecule has 440 valence electrons. The van der Waals surface area contributed by atoms with Crippen LogP contribution < -0.4 is 0 Å². The summed E-state index contributed by atoms with van der Waals surface area (Å²) in [7, 11) is 0. The van der Waals surface area contributed by atoms with Crippen molar-refractivity contribution >= 4 is 17.9 Å². The van der Waals surface area contributed by atoms with Gasteiger partial charge in [0.15, 0.2) is 6.10 Å². The van der Waals surface area contributed by atoms with Gasteiger partial charge in [0.25, 0.3) is 0 Å². The third-order valence-electron chi connectivity index (χ3n) is 15.1. The van der Waals surface area contributed by atoms with Crippen LogP contribution in [0, 0.1) is 0 Å². The zero-order chi connectivity index (χ0) is 54.3. The lowest BCUT2D eigenvalue weighted by molar-refractivity contribution is -0.167. The summed E-state index contributed by atoms with van der Waals surface area (Å²) in [5.41, 5.74) is 0. The molecule has 0 aromatic rings. The van der Waals surface area contributed by atoms with Crippen molar-refractivity contribution in [2.75, 3.05) is 13.2 Å². The molecule has 0 aromatic carbocycles. The predicted molar refractivity (Wildman–Crippen MR) is 326 cm³/mol. The molecule has 0 aliphatic carbocycles. The maximum absolute atomic E-state index is 12.8. The maximum Gasteiger partial charge on any atom is 0.306 e. The third-order valence-corrected chi connectivity index (χ3v) is 15.1. The fourth-order valence-corrected chi connectivity index (χ4v) is 10.1. The molecule has 75 heavy (non-hydrogen) atoms. The van der Waals surface area contributed by atoms with Crippen molar-refractivity contribution in [3.8, 4) is 0 Å². The number of hydrogen-bond donors (Lipinski definition) is 0. The van der Waals surface area contributed by atoms with E-state index in [4.69, 9.17) is 14.2 Å². The molecule has 0 saturated carbocycles. The van der Waals surface area contributed by atoms with E-state index in [1.807, 2.05) is 0 Å². The highest BCUT2D eigenvalue weighted by molar-refractivity contribution is 5.71. The minimum Gasteiger partial charge on any atom is -0.462 e. The lowest BCUT2D eigenvalue weighted by Crippen LogP contribution is -2.30. The minimum absolute atomic E-state index is 0.0685. The van der Waals surface area contributed by atoms with Crippen molar-refractivity contribution in [3.05, 3.63) is 36.5 Å². The first-order valence-electron chi connectivity index (χ1n) is 33.5. The molecule has 6 heteroatoms. The molecule has 0 N–H and O–H groups in total. The first-order valence-corrected chi connectivity index (χ1v) is 33.5. The van der Waals surface area contributed by atoms with E-state index in [1.165, 1.54) is 257 Å². The topological polar surface area (TPSA) is 78.9 Å². The smallest absolute Gasteiger partial charge is 0.306 e. The van der Waals surface area contributed by atoms with Gasteiger partial charge in [0.05, 0.1) is 0 Å². The van der Waals surface area contributed by atoms with Crippen molar-refractivity contribution in [2.45, 2.75) is 374 Å². The van der Waals surface area contributed by atoms with Crippen LogP contribution in [0.5, 0.6) is 0 Å².